The van der Waals surface area contributed by atoms with Crippen LogP contribution in [-0.4, -0.2) is 13.5 Å². The molecule has 0 radical (unpaired) electrons. The molecule has 100 valence electrons. The molecule has 2 aromatic rings. The number of aliphatic hydroxyl groups is 1. The third-order valence-electron chi connectivity index (χ3n) is 2.47. The molecule has 0 aromatic heterocycles. The molecule has 2 aromatic carbocycles. The van der Waals surface area contributed by atoms with Crippen LogP contribution in [0.5, 0.6) is 0 Å². The van der Waals surface area contributed by atoms with E-state index in [9.17, 15) is 12.8 Å². The van der Waals surface area contributed by atoms with E-state index in [1.54, 1.807) is 18.2 Å². The quantitative estimate of drug-likeness (QED) is 0.902. The Morgan fingerprint density at radius 3 is 2.53 bits per heavy atom. The standard InChI is InChI=1S/C13H12FNO3S/c14-11-4-2-6-13(8-11)19(17,18)15-12-5-1-3-10(7-12)9-16/h1-8,15-16H,9H2. The number of hydrogen-bond donors (Lipinski definition) is 2. The van der Waals surface area contributed by atoms with Crippen molar-refractivity contribution in [1.82, 2.24) is 0 Å². The van der Waals surface area contributed by atoms with Crippen LogP contribution in [0.1, 0.15) is 5.56 Å². The lowest BCUT2D eigenvalue weighted by molar-refractivity contribution is 0.282. The second-order valence-electron chi connectivity index (χ2n) is 3.92. The molecule has 0 fully saturated rings. The Hall–Kier alpha value is -1.92. The molecule has 0 saturated heterocycles. The van der Waals surface area contributed by atoms with Gasteiger partial charge >= 0.3 is 0 Å². The summed E-state index contributed by atoms with van der Waals surface area (Å²) in [4.78, 5) is -0.151. The molecule has 0 atom stereocenters. The van der Waals surface area contributed by atoms with Crippen LogP contribution < -0.4 is 4.72 Å². The second-order valence-corrected chi connectivity index (χ2v) is 5.60. The zero-order valence-electron chi connectivity index (χ0n) is 9.88. The average molecular weight is 281 g/mol. The zero-order valence-corrected chi connectivity index (χ0v) is 10.7. The monoisotopic (exact) mass is 281 g/mol. The lowest BCUT2D eigenvalue weighted by Gasteiger charge is -2.09. The first-order chi connectivity index (χ1) is 9.01. The smallest absolute Gasteiger partial charge is 0.261 e. The van der Waals surface area contributed by atoms with Crippen molar-refractivity contribution < 1.29 is 17.9 Å². The van der Waals surface area contributed by atoms with Crippen molar-refractivity contribution in [3.63, 3.8) is 0 Å². The van der Waals surface area contributed by atoms with Gasteiger partial charge in [0.25, 0.3) is 10.0 Å². The van der Waals surface area contributed by atoms with Gasteiger partial charge in [0.2, 0.25) is 0 Å². The molecule has 19 heavy (non-hydrogen) atoms. The highest BCUT2D eigenvalue weighted by molar-refractivity contribution is 7.92. The number of sulfonamides is 1. The van der Waals surface area contributed by atoms with E-state index in [4.69, 9.17) is 5.11 Å². The Bertz CT molecular complexity index is 686. The van der Waals surface area contributed by atoms with Crippen LogP contribution in [0.2, 0.25) is 0 Å². The first-order valence-electron chi connectivity index (χ1n) is 5.49. The van der Waals surface area contributed by atoms with Crippen LogP contribution in [0, 0.1) is 5.82 Å². The Morgan fingerprint density at radius 1 is 1.11 bits per heavy atom. The van der Waals surface area contributed by atoms with Crippen molar-refractivity contribution in [1.29, 1.82) is 0 Å². The first-order valence-corrected chi connectivity index (χ1v) is 6.98. The van der Waals surface area contributed by atoms with Crippen LogP contribution in [-0.2, 0) is 16.6 Å². The topological polar surface area (TPSA) is 66.4 Å². The molecule has 0 saturated carbocycles. The second kappa shape index (κ2) is 5.38. The number of anilines is 1. The van der Waals surface area contributed by atoms with Crippen LogP contribution >= 0.6 is 0 Å². The maximum absolute atomic E-state index is 13.0. The van der Waals surface area contributed by atoms with Crippen molar-refractivity contribution in [3.8, 4) is 0 Å². The minimum Gasteiger partial charge on any atom is -0.392 e. The molecule has 2 N–H and O–H groups in total. The fraction of sp³-hybridized carbons (Fsp3) is 0.0769. The Labute approximate surface area is 110 Å². The third kappa shape index (κ3) is 3.30. The van der Waals surface area contributed by atoms with Gasteiger partial charge in [0, 0.05) is 5.69 Å². The average Bonchev–Trinajstić information content (AvgIpc) is 2.38. The summed E-state index contributed by atoms with van der Waals surface area (Å²) < 4.78 is 39.4. The van der Waals surface area contributed by atoms with Gasteiger partial charge < -0.3 is 5.11 Å². The summed E-state index contributed by atoms with van der Waals surface area (Å²) in [5, 5.41) is 8.99. The van der Waals surface area contributed by atoms with E-state index in [1.165, 1.54) is 24.3 Å². The highest BCUT2D eigenvalue weighted by Gasteiger charge is 2.14. The van der Waals surface area contributed by atoms with Crippen LogP contribution in [0.4, 0.5) is 10.1 Å². The molecule has 0 heterocycles. The molecule has 0 amide bonds. The van der Waals surface area contributed by atoms with E-state index >= 15 is 0 Å². The lowest BCUT2D eigenvalue weighted by atomic mass is 10.2. The van der Waals surface area contributed by atoms with Gasteiger partial charge in [-0.2, -0.15) is 0 Å². The SMILES string of the molecule is O=S(=O)(Nc1cccc(CO)c1)c1cccc(F)c1. The van der Waals surface area contributed by atoms with Crippen LogP contribution in [0.25, 0.3) is 0 Å². The van der Waals surface area contributed by atoms with E-state index in [-0.39, 0.29) is 11.5 Å². The van der Waals surface area contributed by atoms with Gasteiger partial charge in [-0.05, 0) is 35.9 Å². The van der Waals surface area contributed by atoms with E-state index < -0.39 is 15.8 Å². The molecule has 4 nitrogen and oxygen atoms in total. The highest BCUT2D eigenvalue weighted by atomic mass is 32.2. The fourth-order valence-electron chi connectivity index (χ4n) is 1.58. The lowest BCUT2D eigenvalue weighted by Crippen LogP contribution is -2.13. The van der Waals surface area contributed by atoms with Gasteiger partial charge in [-0.25, -0.2) is 12.8 Å². The molecular formula is C13H12FNO3S. The maximum Gasteiger partial charge on any atom is 0.261 e. The van der Waals surface area contributed by atoms with E-state index in [2.05, 4.69) is 4.72 Å². The highest BCUT2D eigenvalue weighted by Crippen LogP contribution is 2.17. The first kappa shape index (κ1) is 13.5. The summed E-state index contributed by atoms with van der Waals surface area (Å²) >= 11 is 0. The van der Waals surface area contributed by atoms with Crippen molar-refractivity contribution in [2.24, 2.45) is 0 Å². The van der Waals surface area contributed by atoms with Gasteiger partial charge in [-0.3, -0.25) is 4.72 Å². The summed E-state index contributed by atoms with van der Waals surface area (Å²) in [6, 6.07) is 11.1. The van der Waals surface area contributed by atoms with Crippen LogP contribution in [0.15, 0.2) is 53.4 Å². The number of aliphatic hydroxyl groups excluding tert-OH is 1. The summed E-state index contributed by atoms with van der Waals surface area (Å²) in [6.07, 6.45) is 0. The largest absolute Gasteiger partial charge is 0.392 e. The molecular weight excluding hydrogens is 269 g/mol. The third-order valence-corrected chi connectivity index (χ3v) is 3.85. The van der Waals surface area contributed by atoms with Crippen molar-refractivity contribution in [3.05, 3.63) is 59.9 Å². The summed E-state index contributed by atoms with van der Waals surface area (Å²) in [6.45, 7) is -0.185. The van der Waals surface area contributed by atoms with E-state index in [0.717, 1.165) is 6.07 Å². The predicted molar refractivity (Wildman–Crippen MR) is 69.6 cm³/mol. The number of rotatable bonds is 4. The fourth-order valence-corrected chi connectivity index (χ4v) is 2.66. The summed E-state index contributed by atoms with van der Waals surface area (Å²) in [5.74, 6) is -0.619. The molecule has 0 aliphatic heterocycles. The molecule has 0 aliphatic carbocycles. The Kier molecular flexibility index (Phi) is 3.82. The number of nitrogens with one attached hydrogen (secondary N) is 1. The maximum atomic E-state index is 13.0. The molecule has 0 spiro atoms. The van der Waals surface area contributed by atoms with Gasteiger partial charge in [-0.15, -0.1) is 0 Å². The van der Waals surface area contributed by atoms with E-state index in [0.29, 0.717) is 11.3 Å². The van der Waals surface area contributed by atoms with Gasteiger partial charge in [0.15, 0.2) is 0 Å². The number of hydrogen-bond acceptors (Lipinski definition) is 3. The van der Waals surface area contributed by atoms with Crippen molar-refractivity contribution >= 4 is 15.7 Å². The predicted octanol–water partition coefficient (Wildman–Crippen LogP) is 2.12. The van der Waals surface area contributed by atoms with Crippen molar-refractivity contribution in [2.75, 3.05) is 4.72 Å². The van der Waals surface area contributed by atoms with Gasteiger partial charge in [-0.1, -0.05) is 18.2 Å². The molecule has 2 rings (SSSR count). The van der Waals surface area contributed by atoms with Gasteiger partial charge in [0.1, 0.15) is 5.82 Å². The van der Waals surface area contributed by atoms with E-state index in [1.807, 2.05) is 0 Å². The zero-order chi connectivity index (χ0) is 13.9. The Balaban J connectivity index is 2.31. The minimum atomic E-state index is -3.83. The number of benzene rings is 2. The normalized spacial score (nSPS) is 11.3. The number of halogens is 1. The molecule has 0 bridgehead atoms. The Morgan fingerprint density at radius 2 is 1.84 bits per heavy atom. The van der Waals surface area contributed by atoms with Crippen molar-refractivity contribution in [2.45, 2.75) is 11.5 Å². The molecule has 0 unspecified atom stereocenters. The summed E-state index contributed by atoms with van der Waals surface area (Å²) in [5.41, 5.74) is 0.898. The molecule has 6 heteroatoms. The van der Waals surface area contributed by atoms with Gasteiger partial charge in [0.05, 0.1) is 11.5 Å². The molecule has 0 aliphatic rings. The van der Waals surface area contributed by atoms with Crippen LogP contribution in [0.3, 0.4) is 0 Å². The summed E-state index contributed by atoms with van der Waals surface area (Å²) in [7, 11) is -3.83. The minimum absolute atomic E-state index is 0.151.